The van der Waals surface area contributed by atoms with Gasteiger partial charge >= 0.3 is 0 Å². The van der Waals surface area contributed by atoms with E-state index < -0.39 is 10.0 Å². The number of nitrogens with one attached hydrogen (secondary N) is 1. The number of carbonyl (C=O) groups is 2. The topological polar surface area (TPSA) is 86.8 Å². The van der Waals surface area contributed by atoms with Crippen LogP contribution in [0.2, 0.25) is 0 Å². The van der Waals surface area contributed by atoms with E-state index in [0.717, 1.165) is 31.2 Å². The second-order valence-corrected chi connectivity index (χ2v) is 12.0. The van der Waals surface area contributed by atoms with E-state index in [9.17, 15) is 18.0 Å². The summed E-state index contributed by atoms with van der Waals surface area (Å²) in [6.07, 6.45) is 4.83. The quantitative estimate of drug-likeness (QED) is 0.627. The highest BCUT2D eigenvalue weighted by molar-refractivity contribution is 7.89. The van der Waals surface area contributed by atoms with Crippen LogP contribution in [0, 0.1) is 25.7 Å². The van der Waals surface area contributed by atoms with E-state index in [4.69, 9.17) is 0 Å². The Morgan fingerprint density at radius 2 is 1.59 bits per heavy atom. The summed E-state index contributed by atoms with van der Waals surface area (Å²) in [6.45, 7) is 12.2. The molecule has 0 radical (unpaired) electrons. The maximum Gasteiger partial charge on any atom is 0.251 e. The van der Waals surface area contributed by atoms with Crippen molar-refractivity contribution in [3.8, 4) is 0 Å². The van der Waals surface area contributed by atoms with E-state index in [-0.39, 0.29) is 28.7 Å². The van der Waals surface area contributed by atoms with Gasteiger partial charge in [-0.15, -0.1) is 0 Å². The van der Waals surface area contributed by atoms with Gasteiger partial charge in [-0.3, -0.25) is 9.59 Å². The van der Waals surface area contributed by atoms with Crippen molar-refractivity contribution in [1.29, 1.82) is 0 Å². The third-order valence-electron chi connectivity index (χ3n) is 7.72. The third kappa shape index (κ3) is 5.82. The minimum Gasteiger partial charge on any atom is -0.349 e. The molecule has 7 nitrogen and oxygen atoms in total. The van der Waals surface area contributed by atoms with Gasteiger partial charge in [0.1, 0.15) is 0 Å². The van der Waals surface area contributed by atoms with E-state index in [1.807, 2.05) is 32.6 Å². The van der Waals surface area contributed by atoms with Crippen molar-refractivity contribution in [3.05, 3.63) is 28.8 Å². The molecule has 2 saturated heterocycles. The Kier molecular flexibility index (Phi) is 8.79. The lowest BCUT2D eigenvalue weighted by Gasteiger charge is -2.34. The first kappa shape index (κ1) is 26.7. The minimum absolute atomic E-state index is 0.0245. The van der Waals surface area contributed by atoms with Gasteiger partial charge in [-0.1, -0.05) is 20.8 Å². The molecular weight excluding hydrogens is 450 g/mol. The normalized spacial score (nSPS) is 18.9. The van der Waals surface area contributed by atoms with Gasteiger partial charge < -0.3 is 10.2 Å². The van der Waals surface area contributed by atoms with Crippen molar-refractivity contribution in [2.45, 2.75) is 84.1 Å². The fraction of sp³-hybridized carbons (Fsp3) is 0.692. The molecule has 1 aromatic carbocycles. The van der Waals surface area contributed by atoms with Crippen molar-refractivity contribution in [3.63, 3.8) is 0 Å². The number of nitrogens with zero attached hydrogens (tertiary/aromatic N) is 2. The summed E-state index contributed by atoms with van der Waals surface area (Å²) in [6, 6.07) is 3.29. The van der Waals surface area contributed by atoms with Crippen LogP contribution in [-0.4, -0.2) is 61.7 Å². The number of sulfonamides is 1. The molecule has 0 atom stereocenters. The van der Waals surface area contributed by atoms with Crippen LogP contribution >= 0.6 is 0 Å². The molecule has 0 unspecified atom stereocenters. The molecule has 0 saturated carbocycles. The average Bonchev–Trinajstić information content (AvgIpc) is 2.82. The Hall–Kier alpha value is -1.93. The van der Waals surface area contributed by atoms with E-state index in [1.54, 1.807) is 10.4 Å². The summed E-state index contributed by atoms with van der Waals surface area (Å²) >= 11 is 0. The van der Waals surface area contributed by atoms with Crippen molar-refractivity contribution in [2.75, 3.05) is 26.2 Å². The lowest BCUT2D eigenvalue weighted by molar-refractivity contribution is -0.136. The predicted octanol–water partition coefficient (Wildman–Crippen LogP) is 3.88. The number of benzene rings is 1. The summed E-state index contributed by atoms with van der Waals surface area (Å²) in [5, 5.41) is 3.08. The summed E-state index contributed by atoms with van der Waals surface area (Å²) in [5.74, 6) is 0.565. The highest BCUT2D eigenvalue weighted by Gasteiger charge is 2.31. The van der Waals surface area contributed by atoms with Crippen LogP contribution in [-0.2, 0) is 14.8 Å². The summed E-state index contributed by atoms with van der Waals surface area (Å²) in [4.78, 5) is 27.9. The van der Waals surface area contributed by atoms with Gasteiger partial charge in [-0.25, -0.2) is 8.42 Å². The first-order valence-corrected chi connectivity index (χ1v) is 14.2. The molecule has 1 N–H and O–H groups in total. The number of likely N-dealkylation sites (tertiary alicyclic amines) is 1. The Morgan fingerprint density at radius 3 is 2.15 bits per heavy atom. The molecule has 0 aromatic heterocycles. The van der Waals surface area contributed by atoms with Gasteiger partial charge in [-0.2, -0.15) is 4.31 Å². The Morgan fingerprint density at radius 1 is 1.00 bits per heavy atom. The van der Waals surface area contributed by atoms with E-state index >= 15 is 0 Å². The SMILES string of the molecule is CCC(CC)C(=O)N1CCC(NC(=O)c2cc(C)c(C)c(S(=O)(=O)N3CCC(C)CC3)c2)CC1. The van der Waals surface area contributed by atoms with Crippen molar-refractivity contribution in [2.24, 2.45) is 11.8 Å². The Labute approximate surface area is 205 Å². The molecule has 34 heavy (non-hydrogen) atoms. The minimum atomic E-state index is -3.65. The first-order chi connectivity index (χ1) is 16.1. The highest BCUT2D eigenvalue weighted by Crippen LogP contribution is 2.28. The van der Waals surface area contributed by atoms with Crippen LogP contribution in [0.3, 0.4) is 0 Å². The maximum absolute atomic E-state index is 13.4. The summed E-state index contributed by atoms with van der Waals surface area (Å²) in [7, 11) is -3.65. The lowest BCUT2D eigenvalue weighted by atomic mass is 9.98. The molecule has 0 aliphatic carbocycles. The monoisotopic (exact) mass is 491 g/mol. The molecule has 2 aliphatic rings. The van der Waals surface area contributed by atoms with Crippen LogP contribution in [0.4, 0.5) is 0 Å². The largest absolute Gasteiger partial charge is 0.349 e. The van der Waals surface area contributed by atoms with Crippen LogP contribution in [0.25, 0.3) is 0 Å². The van der Waals surface area contributed by atoms with E-state index in [2.05, 4.69) is 12.2 Å². The van der Waals surface area contributed by atoms with Gasteiger partial charge in [0.05, 0.1) is 4.90 Å². The molecule has 0 spiro atoms. The van der Waals surface area contributed by atoms with Crippen molar-refractivity contribution >= 4 is 21.8 Å². The fourth-order valence-electron chi connectivity index (χ4n) is 5.00. The molecule has 2 aliphatic heterocycles. The first-order valence-electron chi connectivity index (χ1n) is 12.8. The van der Waals surface area contributed by atoms with Crippen molar-refractivity contribution in [1.82, 2.24) is 14.5 Å². The van der Waals surface area contributed by atoms with Crippen LogP contribution in [0.5, 0.6) is 0 Å². The molecular formula is C26H41N3O4S. The molecule has 1 aromatic rings. The van der Waals surface area contributed by atoms with Crippen molar-refractivity contribution < 1.29 is 18.0 Å². The maximum atomic E-state index is 13.4. The summed E-state index contributed by atoms with van der Waals surface area (Å²) in [5.41, 5.74) is 1.87. The van der Waals surface area contributed by atoms with Crippen LogP contribution in [0.15, 0.2) is 17.0 Å². The predicted molar refractivity (Wildman–Crippen MR) is 134 cm³/mol. The van der Waals surface area contributed by atoms with Gasteiger partial charge in [-0.05, 0) is 81.5 Å². The number of piperidine rings is 2. The molecule has 2 amide bonds. The zero-order chi connectivity index (χ0) is 25.0. The Balaban J connectivity index is 1.69. The number of carbonyl (C=O) groups excluding carboxylic acids is 2. The van der Waals surface area contributed by atoms with Gasteiger partial charge in [0.25, 0.3) is 5.91 Å². The van der Waals surface area contributed by atoms with Gasteiger partial charge in [0.2, 0.25) is 15.9 Å². The molecule has 8 heteroatoms. The second kappa shape index (κ2) is 11.2. The van der Waals surface area contributed by atoms with Gasteiger partial charge in [0.15, 0.2) is 0 Å². The molecule has 3 rings (SSSR count). The molecule has 2 heterocycles. The smallest absolute Gasteiger partial charge is 0.251 e. The third-order valence-corrected chi connectivity index (χ3v) is 9.74. The Bertz CT molecular complexity index is 988. The number of rotatable bonds is 7. The summed E-state index contributed by atoms with van der Waals surface area (Å²) < 4.78 is 28.3. The second-order valence-electron chi connectivity index (χ2n) is 10.1. The number of aryl methyl sites for hydroxylation is 1. The standard InChI is InChI=1S/C26H41N3O4S/c1-6-21(7-2)26(31)28-12-10-23(11-13-28)27-25(30)22-16-19(4)20(5)24(17-22)34(32,33)29-14-8-18(3)9-15-29/h16-18,21,23H,6-15H2,1-5H3,(H,27,30). The molecule has 190 valence electrons. The fourth-order valence-corrected chi connectivity index (χ4v) is 6.79. The average molecular weight is 492 g/mol. The number of hydrogen-bond donors (Lipinski definition) is 1. The molecule has 0 bridgehead atoms. The van der Waals surface area contributed by atoms with E-state index in [0.29, 0.717) is 56.1 Å². The van der Waals surface area contributed by atoms with Gasteiger partial charge in [0, 0.05) is 43.7 Å². The number of hydrogen-bond acceptors (Lipinski definition) is 4. The molecule has 2 fully saturated rings. The highest BCUT2D eigenvalue weighted by atomic mass is 32.2. The lowest BCUT2D eigenvalue weighted by Crippen LogP contribution is -2.48. The van der Waals surface area contributed by atoms with Crippen LogP contribution in [0.1, 0.15) is 80.8 Å². The van der Waals surface area contributed by atoms with E-state index in [1.165, 1.54) is 6.07 Å². The zero-order valence-corrected chi connectivity index (χ0v) is 22.2. The number of amides is 2. The zero-order valence-electron chi connectivity index (χ0n) is 21.4. The van der Waals surface area contributed by atoms with Crippen LogP contribution < -0.4 is 5.32 Å².